The second kappa shape index (κ2) is 11.2. The molecule has 1 unspecified atom stereocenters. The number of rotatable bonds is 7. The molecule has 1 amide bonds. The first kappa shape index (κ1) is 26.6. The van der Waals surface area contributed by atoms with Crippen LogP contribution in [-0.4, -0.2) is 46.1 Å². The number of anilines is 2. The number of hydrazine groups is 1. The highest BCUT2D eigenvalue weighted by Crippen LogP contribution is 2.23. The van der Waals surface area contributed by atoms with E-state index in [2.05, 4.69) is 20.3 Å². The third-order valence-electron chi connectivity index (χ3n) is 5.52. The maximum absolute atomic E-state index is 12.7. The molecule has 2 aromatic heterocycles. The Morgan fingerprint density at radius 1 is 1.25 bits per heavy atom. The number of carbonyl (C=O) groups excluding carboxylic acids is 1. The van der Waals surface area contributed by atoms with Gasteiger partial charge in [0.2, 0.25) is 0 Å². The topological polar surface area (TPSA) is 178 Å². The molecule has 8 N–H and O–H groups in total. The standard InChI is InChI=1S/C25H34N8O3/c1-15-21(8-17(11-30-15)24(35)32-23(27)9-22(34)25(2,3)4)33(28)13-20(26)16-7-19(12-29-10-16)31-18-5-6-36-14-18/h7-13,18,31,34H,5-6,14,26,28H2,1-4H3,(H2,27,32,35)/b20-13-,22-9-. The summed E-state index contributed by atoms with van der Waals surface area (Å²) in [7, 11) is 0. The number of hydrogen-bond donors (Lipinski definition) is 5. The molecule has 192 valence electrons. The van der Waals surface area contributed by atoms with Gasteiger partial charge in [-0.1, -0.05) is 20.8 Å². The number of aromatic nitrogens is 2. The number of pyridine rings is 2. The molecule has 1 aliphatic rings. The van der Waals surface area contributed by atoms with Crippen molar-refractivity contribution in [3.63, 3.8) is 0 Å². The van der Waals surface area contributed by atoms with E-state index in [1.165, 1.54) is 23.5 Å². The maximum atomic E-state index is 12.7. The summed E-state index contributed by atoms with van der Waals surface area (Å²) in [5.41, 5.74) is 14.7. The zero-order chi connectivity index (χ0) is 26.5. The maximum Gasteiger partial charge on any atom is 0.280 e. The van der Waals surface area contributed by atoms with Crippen molar-refractivity contribution in [1.29, 1.82) is 0 Å². The second-order valence-corrected chi connectivity index (χ2v) is 9.61. The Morgan fingerprint density at radius 3 is 2.67 bits per heavy atom. The summed E-state index contributed by atoms with van der Waals surface area (Å²) in [4.78, 5) is 25.0. The van der Waals surface area contributed by atoms with Crippen LogP contribution in [-0.2, 0) is 4.74 Å². The SMILES string of the molecule is Cc1ncc(C(=O)N=C(N)/C=C(\O)C(C)(C)C)cc1N(N)/C=C(\N)c1cncc(NC2CCOC2)c1. The molecule has 0 aliphatic carbocycles. The lowest BCUT2D eigenvalue weighted by molar-refractivity contribution is 0.100. The van der Waals surface area contributed by atoms with Crippen molar-refractivity contribution in [3.05, 3.63) is 65.6 Å². The number of aliphatic hydroxyl groups excluding tert-OH is 1. The van der Waals surface area contributed by atoms with Gasteiger partial charge in [-0.15, -0.1) is 0 Å². The van der Waals surface area contributed by atoms with Gasteiger partial charge in [0.05, 0.1) is 41.0 Å². The van der Waals surface area contributed by atoms with Gasteiger partial charge in [-0.05, 0) is 25.5 Å². The van der Waals surface area contributed by atoms with E-state index in [-0.39, 0.29) is 23.2 Å². The van der Waals surface area contributed by atoms with Crippen molar-refractivity contribution in [1.82, 2.24) is 9.97 Å². The Bertz CT molecular complexity index is 1190. The van der Waals surface area contributed by atoms with Gasteiger partial charge in [0.1, 0.15) is 11.6 Å². The number of hydrogen-bond acceptors (Lipinski definition) is 9. The summed E-state index contributed by atoms with van der Waals surface area (Å²) in [5, 5.41) is 14.7. The summed E-state index contributed by atoms with van der Waals surface area (Å²) >= 11 is 0. The monoisotopic (exact) mass is 494 g/mol. The number of nitrogens with one attached hydrogen (secondary N) is 1. The van der Waals surface area contributed by atoms with Crippen LogP contribution < -0.4 is 27.6 Å². The minimum atomic E-state index is -0.622. The zero-order valence-electron chi connectivity index (χ0n) is 21.0. The fraction of sp³-hybridized carbons (Fsp3) is 0.360. The lowest BCUT2D eigenvalue weighted by Crippen LogP contribution is -2.27. The summed E-state index contributed by atoms with van der Waals surface area (Å²) < 4.78 is 5.40. The Morgan fingerprint density at radius 2 is 2.00 bits per heavy atom. The van der Waals surface area contributed by atoms with E-state index in [4.69, 9.17) is 22.0 Å². The number of aliphatic imine (C=N–C) groups is 1. The molecule has 0 spiro atoms. The van der Waals surface area contributed by atoms with Crippen LogP contribution in [0.15, 0.2) is 53.8 Å². The van der Waals surface area contributed by atoms with Crippen LogP contribution in [0.3, 0.4) is 0 Å². The molecule has 3 rings (SSSR count). The Balaban J connectivity index is 1.79. The summed E-state index contributed by atoms with van der Waals surface area (Å²) in [6, 6.07) is 3.67. The highest BCUT2D eigenvalue weighted by Gasteiger charge is 2.18. The Labute approximate surface area is 210 Å². The average molecular weight is 495 g/mol. The van der Waals surface area contributed by atoms with Crippen LogP contribution in [0.1, 0.15) is 48.8 Å². The minimum Gasteiger partial charge on any atom is -0.512 e. The summed E-state index contributed by atoms with van der Waals surface area (Å²) in [6.07, 6.45) is 8.46. The van der Waals surface area contributed by atoms with Crippen molar-refractivity contribution >= 4 is 28.8 Å². The first-order valence-electron chi connectivity index (χ1n) is 11.5. The van der Waals surface area contributed by atoms with E-state index in [9.17, 15) is 9.90 Å². The number of aliphatic hydroxyl groups is 1. The normalized spacial score (nSPS) is 17.2. The molecule has 1 aliphatic heterocycles. The van der Waals surface area contributed by atoms with E-state index in [1.807, 2.05) is 26.8 Å². The number of amides is 1. The second-order valence-electron chi connectivity index (χ2n) is 9.61. The molecule has 36 heavy (non-hydrogen) atoms. The molecular weight excluding hydrogens is 460 g/mol. The van der Waals surface area contributed by atoms with Crippen molar-refractivity contribution in [2.24, 2.45) is 27.7 Å². The smallest absolute Gasteiger partial charge is 0.280 e. The van der Waals surface area contributed by atoms with E-state index < -0.39 is 11.3 Å². The molecule has 0 aromatic carbocycles. The molecule has 11 nitrogen and oxygen atoms in total. The molecule has 0 saturated carbocycles. The number of nitrogens with two attached hydrogens (primary N) is 3. The quantitative estimate of drug-likeness (QED) is 0.126. The molecule has 11 heteroatoms. The van der Waals surface area contributed by atoms with Crippen LogP contribution >= 0.6 is 0 Å². The van der Waals surface area contributed by atoms with Gasteiger partial charge in [-0.3, -0.25) is 19.8 Å². The summed E-state index contributed by atoms with van der Waals surface area (Å²) in [6.45, 7) is 8.58. The summed E-state index contributed by atoms with van der Waals surface area (Å²) in [5.74, 6) is 5.53. The van der Waals surface area contributed by atoms with E-state index in [0.29, 0.717) is 29.2 Å². The van der Waals surface area contributed by atoms with Crippen LogP contribution in [0.4, 0.5) is 11.4 Å². The molecule has 1 fully saturated rings. The van der Waals surface area contributed by atoms with Gasteiger partial charge in [-0.25, -0.2) is 5.84 Å². The Hall–Kier alpha value is -3.96. The Kier molecular flexibility index (Phi) is 8.28. The largest absolute Gasteiger partial charge is 0.512 e. The van der Waals surface area contributed by atoms with Crippen LogP contribution in [0.5, 0.6) is 0 Å². The van der Waals surface area contributed by atoms with Gasteiger partial charge < -0.3 is 26.6 Å². The van der Waals surface area contributed by atoms with Gasteiger partial charge in [0.15, 0.2) is 0 Å². The number of allylic oxidation sites excluding steroid dienone is 1. The first-order valence-corrected chi connectivity index (χ1v) is 11.5. The minimum absolute atomic E-state index is 0.0124. The number of carbonyl (C=O) groups is 1. The molecular formula is C25H34N8O3. The lowest BCUT2D eigenvalue weighted by Gasteiger charge is -2.18. The van der Waals surface area contributed by atoms with Crippen LogP contribution in [0.25, 0.3) is 5.70 Å². The molecule has 0 radical (unpaired) electrons. The van der Waals surface area contributed by atoms with Crippen molar-refractivity contribution < 1.29 is 14.6 Å². The van der Waals surface area contributed by atoms with E-state index in [1.54, 1.807) is 25.4 Å². The average Bonchev–Trinajstić information content (AvgIpc) is 3.31. The predicted octanol–water partition coefficient (Wildman–Crippen LogP) is 2.61. The molecule has 1 atom stereocenters. The lowest BCUT2D eigenvalue weighted by atomic mass is 9.93. The van der Waals surface area contributed by atoms with Gasteiger partial charge in [0.25, 0.3) is 5.91 Å². The zero-order valence-corrected chi connectivity index (χ0v) is 21.0. The van der Waals surface area contributed by atoms with Crippen molar-refractivity contribution in [2.45, 2.75) is 40.2 Å². The fourth-order valence-corrected chi connectivity index (χ4v) is 3.33. The predicted molar refractivity (Wildman–Crippen MR) is 141 cm³/mol. The van der Waals surface area contributed by atoms with E-state index in [0.717, 1.165) is 18.7 Å². The number of ether oxygens (including phenoxy) is 1. The molecule has 2 aromatic rings. The molecule has 3 heterocycles. The van der Waals surface area contributed by atoms with Crippen molar-refractivity contribution in [2.75, 3.05) is 23.5 Å². The highest BCUT2D eigenvalue weighted by atomic mass is 16.5. The van der Waals surface area contributed by atoms with Gasteiger partial charge in [0, 0.05) is 48.5 Å². The van der Waals surface area contributed by atoms with E-state index >= 15 is 0 Å². The number of nitrogens with zero attached hydrogens (tertiary/aromatic N) is 4. The third-order valence-corrected chi connectivity index (χ3v) is 5.52. The third kappa shape index (κ3) is 7.03. The first-order chi connectivity index (χ1) is 16.9. The number of amidine groups is 1. The van der Waals surface area contributed by atoms with Gasteiger partial charge in [-0.2, -0.15) is 4.99 Å². The van der Waals surface area contributed by atoms with Gasteiger partial charge >= 0.3 is 0 Å². The molecule has 1 saturated heterocycles. The van der Waals surface area contributed by atoms with Crippen LogP contribution in [0, 0.1) is 12.3 Å². The molecule has 0 bridgehead atoms. The van der Waals surface area contributed by atoms with Crippen LogP contribution in [0.2, 0.25) is 0 Å². The number of aryl methyl sites for hydroxylation is 1. The van der Waals surface area contributed by atoms with Crippen molar-refractivity contribution in [3.8, 4) is 0 Å². The highest BCUT2D eigenvalue weighted by molar-refractivity contribution is 6.06. The fourth-order valence-electron chi connectivity index (χ4n) is 3.33.